The van der Waals surface area contributed by atoms with Crippen molar-refractivity contribution in [1.29, 1.82) is 0 Å². The number of hydrogen-bond donors (Lipinski definition) is 4. The van der Waals surface area contributed by atoms with Gasteiger partial charge in [0.15, 0.2) is 0 Å². The zero-order chi connectivity index (χ0) is 19.7. The highest BCUT2D eigenvalue weighted by molar-refractivity contribution is 5.91. The molecule has 4 heterocycles. The Balaban J connectivity index is 1.56. The second kappa shape index (κ2) is 7.51. The van der Waals surface area contributed by atoms with Crippen LogP contribution >= 0.6 is 0 Å². The number of urea groups is 1. The number of carbonyl (C=O) groups is 2. The number of aliphatic hydroxyl groups excluding tert-OH is 1. The maximum Gasteiger partial charge on any atom is 0.328 e. The summed E-state index contributed by atoms with van der Waals surface area (Å²) in [5.41, 5.74) is 0.907. The maximum absolute atomic E-state index is 13.0. The molecule has 1 fully saturated rings. The van der Waals surface area contributed by atoms with E-state index < -0.39 is 6.04 Å². The van der Waals surface area contributed by atoms with Crippen molar-refractivity contribution in [3.05, 3.63) is 48.1 Å². The van der Waals surface area contributed by atoms with E-state index in [1.807, 2.05) is 12.1 Å². The zero-order valence-electron chi connectivity index (χ0n) is 15.6. The third-order valence-corrected chi connectivity index (χ3v) is 5.16. The number of carbonyl (C=O) groups excluding carboxylic acids is 2. The molecule has 0 saturated carbocycles. The van der Waals surface area contributed by atoms with Gasteiger partial charge < -0.3 is 20.6 Å². The van der Waals surface area contributed by atoms with Crippen LogP contribution in [0.2, 0.25) is 0 Å². The minimum atomic E-state index is -0.614. The number of hydrogen-bond acceptors (Lipinski definition) is 6. The van der Waals surface area contributed by atoms with Crippen molar-refractivity contribution in [2.45, 2.75) is 31.5 Å². The fourth-order valence-electron chi connectivity index (χ4n) is 3.74. The highest BCUT2D eigenvalue weighted by atomic mass is 16.3. The second-order valence-corrected chi connectivity index (χ2v) is 7.21. The van der Waals surface area contributed by atoms with Crippen LogP contribution in [-0.2, 0) is 4.79 Å². The van der Waals surface area contributed by atoms with E-state index in [0.717, 1.165) is 25.2 Å². The topological polar surface area (TPSA) is 110 Å². The highest BCUT2D eigenvalue weighted by Gasteiger charge is 2.42. The van der Waals surface area contributed by atoms with Gasteiger partial charge in [0.1, 0.15) is 17.7 Å². The summed E-state index contributed by atoms with van der Waals surface area (Å²) in [6.07, 6.45) is 6.16. The molecule has 1 unspecified atom stereocenters. The first-order valence-corrected chi connectivity index (χ1v) is 9.43. The minimum absolute atomic E-state index is 0.0292. The molecule has 0 radical (unpaired) electrons. The van der Waals surface area contributed by atoms with Gasteiger partial charge >= 0.3 is 6.03 Å². The molecule has 148 valence electrons. The van der Waals surface area contributed by atoms with Crippen molar-refractivity contribution >= 4 is 17.8 Å². The van der Waals surface area contributed by atoms with Crippen LogP contribution in [0.1, 0.15) is 13.3 Å². The Labute approximate surface area is 163 Å². The molecule has 9 nitrogen and oxygen atoms in total. The number of anilines is 1. The van der Waals surface area contributed by atoms with E-state index in [4.69, 9.17) is 5.11 Å². The number of amides is 3. The van der Waals surface area contributed by atoms with Crippen LogP contribution in [0.5, 0.6) is 0 Å². The Hall–Kier alpha value is -3.07. The fraction of sp³-hybridized carbons (Fsp3) is 0.421. The molecule has 1 aromatic heterocycles. The van der Waals surface area contributed by atoms with E-state index in [-0.39, 0.29) is 30.6 Å². The molecule has 3 atom stereocenters. The molecular formula is C19H24N6O3. The first-order valence-electron chi connectivity index (χ1n) is 9.43. The number of fused-ring (bicyclic) bond motifs is 3. The smallest absolute Gasteiger partial charge is 0.328 e. The standard InChI is InChI=1S/C19H24N6O3/c1-12(11-26)21-18(27)14-5-6-15-17(22-14)25(13-7-9-24(15)10-13)19(28)23-16-4-2-3-8-20-16/h2-6,8,12-14,22,26H,7,9-11H2,1H3,(H,21,27)(H,20,23,28)/t12-,13-,14?/m0/s1. The summed E-state index contributed by atoms with van der Waals surface area (Å²) < 4.78 is 0. The molecule has 1 aromatic rings. The number of nitrogens with one attached hydrogen (secondary N) is 3. The van der Waals surface area contributed by atoms with Crippen LogP contribution in [0.25, 0.3) is 0 Å². The second-order valence-electron chi connectivity index (χ2n) is 7.21. The van der Waals surface area contributed by atoms with Crippen molar-refractivity contribution in [3.63, 3.8) is 0 Å². The lowest BCUT2D eigenvalue weighted by Crippen LogP contribution is -2.56. The van der Waals surface area contributed by atoms with Crippen LogP contribution in [0.15, 0.2) is 48.1 Å². The molecule has 0 aliphatic carbocycles. The molecule has 28 heavy (non-hydrogen) atoms. The van der Waals surface area contributed by atoms with Gasteiger partial charge in [-0.2, -0.15) is 0 Å². The number of rotatable bonds is 4. The van der Waals surface area contributed by atoms with Gasteiger partial charge in [0.25, 0.3) is 0 Å². The molecule has 1 saturated heterocycles. The SMILES string of the molecule is C[C@@H](CO)NC(=O)C1C=CC2=C(N1)N(C(=O)Nc1ccccn1)[C@H]1CCN2C1. The molecule has 4 rings (SSSR count). The molecule has 0 aromatic carbocycles. The van der Waals surface area contributed by atoms with Crippen LogP contribution in [0.3, 0.4) is 0 Å². The van der Waals surface area contributed by atoms with Gasteiger partial charge in [0.05, 0.1) is 18.3 Å². The monoisotopic (exact) mass is 384 g/mol. The Bertz CT molecular complexity index is 824. The Morgan fingerprint density at radius 3 is 3.04 bits per heavy atom. The molecule has 0 spiro atoms. The average Bonchev–Trinajstić information content (AvgIpc) is 3.12. The normalized spacial score (nSPS) is 23.8. The lowest BCUT2D eigenvalue weighted by atomic mass is 10.1. The van der Waals surface area contributed by atoms with Gasteiger partial charge in [0.2, 0.25) is 5.91 Å². The predicted molar refractivity (Wildman–Crippen MR) is 103 cm³/mol. The van der Waals surface area contributed by atoms with Crippen molar-refractivity contribution < 1.29 is 14.7 Å². The van der Waals surface area contributed by atoms with Crippen molar-refractivity contribution in [1.82, 2.24) is 25.4 Å². The highest BCUT2D eigenvalue weighted by Crippen LogP contribution is 2.33. The number of aromatic nitrogens is 1. The number of nitrogens with zero attached hydrogens (tertiary/aromatic N) is 3. The minimum Gasteiger partial charge on any atom is -0.394 e. The van der Waals surface area contributed by atoms with Crippen LogP contribution in [0, 0.1) is 0 Å². The lowest BCUT2D eigenvalue weighted by molar-refractivity contribution is -0.122. The van der Waals surface area contributed by atoms with E-state index in [2.05, 4.69) is 25.8 Å². The van der Waals surface area contributed by atoms with E-state index in [1.54, 1.807) is 36.2 Å². The third kappa shape index (κ3) is 3.40. The number of aliphatic hydroxyl groups is 1. The summed E-state index contributed by atoms with van der Waals surface area (Å²) in [6.45, 7) is 3.22. The summed E-state index contributed by atoms with van der Waals surface area (Å²) in [7, 11) is 0. The Morgan fingerprint density at radius 2 is 2.29 bits per heavy atom. The Kier molecular flexibility index (Phi) is 4.91. The first-order chi connectivity index (χ1) is 13.6. The van der Waals surface area contributed by atoms with Crippen molar-refractivity contribution in [2.24, 2.45) is 0 Å². The van der Waals surface area contributed by atoms with Gasteiger partial charge in [-0.15, -0.1) is 0 Å². The van der Waals surface area contributed by atoms with Gasteiger partial charge in [-0.1, -0.05) is 12.1 Å². The molecule has 4 N–H and O–H groups in total. The molecule has 9 heteroatoms. The van der Waals surface area contributed by atoms with Gasteiger partial charge in [0, 0.05) is 25.3 Å². The zero-order valence-corrected chi connectivity index (χ0v) is 15.6. The average molecular weight is 384 g/mol. The van der Waals surface area contributed by atoms with Crippen LogP contribution in [0.4, 0.5) is 10.6 Å². The molecule has 3 aliphatic heterocycles. The number of dihydropyridines is 1. The third-order valence-electron chi connectivity index (χ3n) is 5.16. The summed E-state index contributed by atoms with van der Waals surface area (Å²) in [5, 5.41) is 18.0. The van der Waals surface area contributed by atoms with Crippen molar-refractivity contribution in [2.75, 3.05) is 25.0 Å². The van der Waals surface area contributed by atoms with Gasteiger partial charge in [-0.25, -0.2) is 9.78 Å². The van der Waals surface area contributed by atoms with Gasteiger partial charge in [-0.3, -0.25) is 15.0 Å². The van der Waals surface area contributed by atoms with Crippen LogP contribution in [-0.4, -0.2) is 69.7 Å². The number of pyridine rings is 1. The largest absolute Gasteiger partial charge is 0.394 e. The summed E-state index contributed by atoms with van der Waals surface area (Å²) in [4.78, 5) is 33.6. The summed E-state index contributed by atoms with van der Waals surface area (Å²) in [6, 6.07) is 4.13. The fourth-order valence-corrected chi connectivity index (χ4v) is 3.74. The summed E-state index contributed by atoms with van der Waals surface area (Å²) >= 11 is 0. The summed E-state index contributed by atoms with van der Waals surface area (Å²) in [5.74, 6) is 0.858. The van der Waals surface area contributed by atoms with E-state index >= 15 is 0 Å². The molecule has 3 amide bonds. The quantitative estimate of drug-likeness (QED) is 0.590. The molecular weight excluding hydrogens is 360 g/mol. The maximum atomic E-state index is 13.0. The first kappa shape index (κ1) is 18.3. The predicted octanol–water partition coefficient (Wildman–Crippen LogP) is 0.198. The molecule has 3 aliphatic rings. The van der Waals surface area contributed by atoms with E-state index in [0.29, 0.717) is 11.6 Å². The van der Waals surface area contributed by atoms with Crippen LogP contribution < -0.4 is 16.0 Å². The van der Waals surface area contributed by atoms with E-state index in [9.17, 15) is 9.59 Å². The van der Waals surface area contributed by atoms with E-state index in [1.165, 1.54) is 0 Å². The van der Waals surface area contributed by atoms with Gasteiger partial charge in [-0.05, 0) is 31.6 Å². The Morgan fingerprint density at radius 1 is 1.43 bits per heavy atom. The molecule has 2 bridgehead atoms. The van der Waals surface area contributed by atoms with Crippen molar-refractivity contribution in [3.8, 4) is 0 Å². The number of allylic oxidation sites excluding steroid dienone is 1. The lowest BCUT2D eigenvalue weighted by Gasteiger charge is -2.40.